The monoisotopic (exact) mass is 283 g/mol. The predicted octanol–water partition coefficient (Wildman–Crippen LogP) is 1.06. The molecule has 0 radical (unpaired) electrons. The molecular formula is C10H10BrN3O2. The summed E-state index contributed by atoms with van der Waals surface area (Å²) in [6.07, 6.45) is 2.53. The molecule has 0 spiro atoms. The molecule has 1 aliphatic heterocycles. The molecule has 1 aliphatic rings. The normalized spacial score (nSPS) is 19.3. The van der Waals surface area contributed by atoms with Crippen molar-refractivity contribution in [3.8, 4) is 0 Å². The van der Waals surface area contributed by atoms with Crippen LogP contribution in [-0.4, -0.2) is 22.8 Å². The lowest BCUT2D eigenvalue weighted by Gasteiger charge is -2.10. The highest BCUT2D eigenvalue weighted by molar-refractivity contribution is 9.10. The minimum Gasteiger partial charge on any atom is -0.344 e. The number of carbonyl (C=O) groups excluding carboxylic acids is 2. The molecule has 0 aromatic carbocycles. The number of amides is 2. The van der Waals surface area contributed by atoms with Gasteiger partial charge in [-0.25, -0.2) is 4.98 Å². The zero-order valence-electron chi connectivity index (χ0n) is 8.37. The summed E-state index contributed by atoms with van der Waals surface area (Å²) in [5.41, 5.74) is 0. The lowest BCUT2D eigenvalue weighted by Crippen LogP contribution is -2.37. The number of carbonyl (C=O) groups is 2. The van der Waals surface area contributed by atoms with Crippen molar-refractivity contribution in [2.45, 2.75) is 18.9 Å². The van der Waals surface area contributed by atoms with E-state index >= 15 is 0 Å². The molecule has 6 heteroatoms. The van der Waals surface area contributed by atoms with Crippen LogP contribution in [0.25, 0.3) is 0 Å². The first-order valence-electron chi connectivity index (χ1n) is 4.87. The second-order valence-corrected chi connectivity index (χ2v) is 4.34. The van der Waals surface area contributed by atoms with Crippen molar-refractivity contribution in [3.63, 3.8) is 0 Å². The van der Waals surface area contributed by atoms with Crippen LogP contribution in [0.15, 0.2) is 22.8 Å². The molecule has 0 bridgehead atoms. The maximum absolute atomic E-state index is 11.7. The maximum Gasteiger partial charge on any atom is 0.248 e. The first-order chi connectivity index (χ1) is 7.66. The third-order valence-corrected chi connectivity index (χ3v) is 2.95. The Morgan fingerprint density at radius 1 is 1.62 bits per heavy atom. The van der Waals surface area contributed by atoms with Crippen molar-refractivity contribution < 1.29 is 9.59 Å². The molecule has 5 nitrogen and oxygen atoms in total. The van der Waals surface area contributed by atoms with E-state index in [1.165, 1.54) is 0 Å². The van der Waals surface area contributed by atoms with E-state index in [1.54, 1.807) is 18.3 Å². The van der Waals surface area contributed by atoms with Gasteiger partial charge >= 0.3 is 0 Å². The van der Waals surface area contributed by atoms with Crippen molar-refractivity contribution >= 4 is 33.6 Å². The van der Waals surface area contributed by atoms with Crippen LogP contribution in [-0.2, 0) is 9.59 Å². The SMILES string of the molecule is O=C1CC[C@@H](C(=O)Nc2ncccc2Br)N1. The predicted molar refractivity (Wildman–Crippen MR) is 61.7 cm³/mol. The summed E-state index contributed by atoms with van der Waals surface area (Å²) in [6, 6.07) is 3.11. The van der Waals surface area contributed by atoms with E-state index in [0.29, 0.717) is 23.1 Å². The Balaban J connectivity index is 2.03. The van der Waals surface area contributed by atoms with Crippen molar-refractivity contribution in [2.75, 3.05) is 5.32 Å². The molecule has 1 aromatic heterocycles. The average molecular weight is 284 g/mol. The number of halogens is 1. The number of aromatic nitrogens is 1. The van der Waals surface area contributed by atoms with Crippen LogP contribution in [0.4, 0.5) is 5.82 Å². The Hall–Kier alpha value is -1.43. The second-order valence-electron chi connectivity index (χ2n) is 3.48. The van der Waals surface area contributed by atoms with Crippen LogP contribution in [0.2, 0.25) is 0 Å². The van der Waals surface area contributed by atoms with E-state index in [-0.39, 0.29) is 11.8 Å². The molecule has 2 amide bonds. The number of hydrogen-bond donors (Lipinski definition) is 2. The van der Waals surface area contributed by atoms with Gasteiger partial charge in [0.2, 0.25) is 11.8 Å². The molecule has 2 rings (SSSR count). The minimum atomic E-state index is -0.443. The number of nitrogens with zero attached hydrogens (tertiary/aromatic N) is 1. The Morgan fingerprint density at radius 3 is 3.06 bits per heavy atom. The van der Waals surface area contributed by atoms with Gasteiger partial charge in [0.05, 0.1) is 4.47 Å². The van der Waals surface area contributed by atoms with Gasteiger partial charge in [-0.15, -0.1) is 0 Å². The molecule has 16 heavy (non-hydrogen) atoms. The van der Waals surface area contributed by atoms with Crippen molar-refractivity contribution in [3.05, 3.63) is 22.8 Å². The van der Waals surface area contributed by atoms with Crippen LogP contribution < -0.4 is 10.6 Å². The molecule has 1 aromatic rings. The van der Waals surface area contributed by atoms with Gasteiger partial charge < -0.3 is 10.6 Å². The molecule has 0 saturated carbocycles. The minimum absolute atomic E-state index is 0.0831. The van der Waals surface area contributed by atoms with Crippen LogP contribution >= 0.6 is 15.9 Å². The third-order valence-electron chi connectivity index (χ3n) is 2.31. The summed E-state index contributed by atoms with van der Waals surface area (Å²) in [5, 5.41) is 5.26. The molecule has 1 fully saturated rings. The van der Waals surface area contributed by atoms with Crippen molar-refractivity contribution in [1.82, 2.24) is 10.3 Å². The van der Waals surface area contributed by atoms with Gasteiger partial charge in [-0.2, -0.15) is 0 Å². The molecule has 2 N–H and O–H groups in total. The first kappa shape index (κ1) is 11.1. The first-order valence-corrected chi connectivity index (χ1v) is 5.67. The van der Waals surface area contributed by atoms with E-state index in [0.717, 1.165) is 0 Å². The second kappa shape index (κ2) is 4.61. The average Bonchev–Trinajstić information content (AvgIpc) is 2.68. The highest BCUT2D eigenvalue weighted by Gasteiger charge is 2.27. The summed E-state index contributed by atoms with van der Waals surface area (Å²) in [6.45, 7) is 0. The van der Waals surface area contributed by atoms with Crippen LogP contribution in [0, 0.1) is 0 Å². The number of rotatable bonds is 2. The van der Waals surface area contributed by atoms with Crippen LogP contribution in [0.1, 0.15) is 12.8 Å². The van der Waals surface area contributed by atoms with Gasteiger partial charge in [-0.1, -0.05) is 0 Å². The van der Waals surface area contributed by atoms with E-state index in [1.807, 2.05) is 0 Å². The summed E-state index contributed by atoms with van der Waals surface area (Å²) >= 11 is 3.28. The van der Waals surface area contributed by atoms with E-state index in [2.05, 4.69) is 31.5 Å². The van der Waals surface area contributed by atoms with Gasteiger partial charge in [-0.3, -0.25) is 9.59 Å². The maximum atomic E-state index is 11.7. The molecule has 84 valence electrons. The summed E-state index contributed by atoms with van der Waals surface area (Å²) in [4.78, 5) is 26.7. The Morgan fingerprint density at radius 2 is 2.44 bits per heavy atom. The molecule has 0 unspecified atom stereocenters. The van der Waals surface area contributed by atoms with E-state index < -0.39 is 6.04 Å². The molecular weight excluding hydrogens is 274 g/mol. The van der Waals surface area contributed by atoms with Gasteiger partial charge in [-0.05, 0) is 34.5 Å². The molecule has 1 atom stereocenters. The smallest absolute Gasteiger partial charge is 0.248 e. The van der Waals surface area contributed by atoms with Crippen molar-refractivity contribution in [1.29, 1.82) is 0 Å². The van der Waals surface area contributed by atoms with Crippen LogP contribution in [0.3, 0.4) is 0 Å². The standard InChI is InChI=1S/C10H10BrN3O2/c11-6-2-1-5-12-9(6)14-10(16)7-3-4-8(15)13-7/h1-2,5,7H,3-4H2,(H,13,15)(H,12,14,16)/t7-/m0/s1. The summed E-state index contributed by atoms with van der Waals surface area (Å²) < 4.78 is 0.715. The fourth-order valence-electron chi connectivity index (χ4n) is 1.49. The highest BCUT2D eigenvalue weighted by Crippen LogP contribution is 2.19. The number of nitrogens with one attached hydrogen (secondary N) is 2. The van der Waals surface area contributed by atoms with Gasteiger partial charge in [0, 0.05) is 12.6 Å². The summed E-state index contributed by atoms with van der Waals surface area (Å²) in [5.74, 6) is 0.152. The topological polar surface area (TPSA) is 71.1 Å². The Labute approximate surface area is 101 Å². The number of hydrogen-bond acceptors (Lipinski definition) is 3. The van der Waals surface area contributed by atoms with Gasteiger partial charge in [0.25, 0.3) is 0 Å². The summed E-state index contributed by atoms with van der Waals surface area (Å²) in [7, 11) is 0. The third kappa shape index (κ3) is 2.38. The fraction of sp³-hybridized carbons (Fsp3) is 0.300. The van der Waals surface area contributed by atoms with Crippen LogP contribution in [0.5, 0.6) is 0 Å². The number of anilines is 1. The number of pyridine rings is 1. The lowest BCUT2D eigenvalue weighted by atomic mass is 10.2. The zero-order valence-corrected chi connectivity index (χ0v) is 9.95. The van der Waals surface area contributed by atoms with E-state index in [4.69, 9.17) is 0 Å². The van der Waals surface area contributed by atoms with E-state index in [9.17, 15) is 9.59 Å². The molecule has 0 aliphatic carbocycles. The highest BCUT2D eigenvalue weighted by atomic mass is 79.9. The van der Waals surface area contributed by atoms with Crippen molar-refractivity contribution in [2.24, 2.45) is 0 Å². The van der Waals surface area contributed by atoms with Gasteiger partial charge in [0.1, 0.15) is 11.9 Å². The zero-order chi connectivity index (χ0) is 11.5. The lowest BCUT2D eigenvalue weighted by molar-refractivity contribution is -0.122. The Kier molecular flexibility index (Phi) is 3.19. The quantitative estimate of drug-likeness (QED) is 0.853. The molecule has 2 heterocycles. The largest absolute Gasteiger partial charge is 0.344 e. The Bertz CT molecular complexity index is 436. The fourth-order valence-corrected chi connectivity index (χ4v) is 1.85. The molecule has 1 saturated heterocycles. The van der Waals surface area contributed by atoms with Gasteiger partial charge in [0.15, 0.2) is 0 Å².